The third-order valence-corrected chi connectivity index (χ3v) is 3.48. The van der Waals surface area contributed by atoms with Crippen LogP contribution in [0.4, 0.5) is 0 Å². The smallest absolute Gasteiger partial charge is 0.112 e. The van der Waals surface area contributed by atoms with Gasteiger partial charge in [-0.05, 0) is 13.3 Å². The van der Waals surface area contributed by atoms with Crippen LogP contribution >= 0.6 is 0 Å². The van der Waals surface area contributed by atoms with E-state index in [1.165, 1.54) is 0 Å². The molecule has 1 rings (SSSR count). The second-order valence-electron chi connectivity index (χ2n) is 4.55. The van der Waals surface area contributed by atoms with Crippen LogP contribution in [0.25, 0.3) is 0 Å². The average Bonchev–Trinajstić information content (AvgIpc) is 3.08. The van der Waals surface area contributed by atoms with Crippen LogP contribution in [-0.4, -0.2) is 36.6 Å². The minimum absolute atomic E-state index is 0.0794. The first-order valence-corrected chi connectivity index (χ1v) is 5.89. The maximum absolute atomic E-state index is 9.90. The van der Waals surface area contributed by atoms with Crippen molar-refractivity contribution in [1.82, 2.24) is 0 Å². The van der Waals surface area contributed by atoms with E-state index >= 15 is 0 Å². The Morgan fingerprint density at radius 1 is 1.44 bits per heavy atom. The maximum atomic E-state index is 9.90. The van der Waals surface area contributed by atoms with Crippen LogP contribution in [0.15, 0.2) is 0 Å². The normalized spacial score (nSPS) is 31.2. The van der Waals surface area contributed by atoms with E-state index < -0.39 is 6.10 Å². The van der Waals surface area contributed by atoms with E-state index in [-0.39, 0.29) is 24.2 Å². The highest BCUT2D eigenvalue weighted by Crippen LogP contribution is 2.37. The third kappa shape index (κ3) is 2.76. The summed E-state index contributed by atoms with van der Waals surface area (Å²) in [5, 5.41) is 9.90. The van der Waals surface area contributed by atoms with Crippen molar-refractivity contribution in [3.63, 3.8) is 0 Å². The van der Waals surface area contributed by atoms with Gasteiger partial charge in [-0.2, -0.15) is 0 Å². The van der Waals surface area contributed by atoms with E-state index in [2.05, 4.69) is 19.8 Å². The molecule has 0 aromatic carbocycles. The van der Waals surface area contributed by atoms with Crippen molar-refractivity contribution in [1.29, 1.82) is 0 Å². The van der Waals surface area contributed by atoms with Crippen LogP contribution in [-0.2, 0) is 9.47 Å². The van der Waals surface area contributed by atoms with E-state index in [1.807, 2.05) is 6.92 Å². The number of ether oxygens (including phenoxy) is 2. The molecule has 3 nitrogen and oxygen atoms in total. The highest BCUT2D eigenvalue weighted by molar-refractivity contribution is 5.04. The van der Waals surface area contributed by atoms with Crippen LogP contribution in [0.2, 0.25) is 0 Å². The number of aliphatic hydroxyl groups is 1. The summed E-state index contributed by atoms with van der Waals surface area (Å²) >= 11 is 0. The zero-order valence-corrected chi connectivity index (χ0v) is 10.5. The Morgan fingerprint density at radius 2 is 2.06 bits per heavy atom. The fraction of sp³-hybridized carbons (Fsp3) is 0.846. The predicted molar refractivity (Wildman–Crippen MR) is 62.9 cm³/mol. The van der Waals surface area contributed by atoms with Crippen LogP contribution in [0.5, 0.6) is 0 Å². The molecule has 0 amide bonds. The number of rotatable bonds is 6. The highest BCUT2D eigenvalue weighted by Gasteiger charge is 2.50. The lowest BCUT2D eigenvalue weighted by atomic mass is 9.92. The van der Waals surface area contributed by atoms with Crippen LogP contribution in [0.1, 0.15) is 27.2 Å². The number of terminal acetylenes is 1. The first-order chi connectivity index (χ1) is 7.56. The largest absolute Gasteiger partial charge is 0.389 e. The van der Waals surface area contributed by atoms with E-state index in [0.717, 1.165) is 6.42 Å². The molecule has 3 heteroatoms. The Bertz CT molecular complexity index is 254. The van der Waals surface area contributed by atoms with Crippen molar-refractivity contribution >= 4 is 0 Å². The van der Waals surface area contributed by atoms with Crippen LogP contribution < -0.4 is 0 Å². The molecular weight excluding hydrogens is 204 g/mol. The molecule has 6 unspecified atom stereocenters. The summed E-state index contributed by atoms with van der Waals surface area (Å²) < 4.78 is 10.9. The minimum atomic E-state index is -0.563. The molecule has 1 aliphatic heterocycles. The lowest BCUT2D eigenvalue weighted by molar-refractivity contribution is 0.0445. The second kappa shape index (κ2) is 5.67. The quantitative estimate of drug-likeness (QED) is 0.550. The van der Waals surface area contributed by atoms with Crippen molar-refractivity contribution < 1.29 is 14.6 Å². The summed E-state index contributed by atoms with van der Waals surface area (Å²) in [5.74, 6) is 2.67. The summed E-state index contributed by atoms with van der Waals surface area (Å²) in [6.45, 7) is 6.01. The molecule has 0 bridgehead atoms. The molecule has 1 heterocycles. The molecule has 1 aliphatic rings. The maximum Gasteiger partial charge on any atom is 0.112 e. The van der Waals surface area contributed by atoms with Gasteiger partial charge < -0.3 is 14.6 Å². The van der Waals surface area contributed by atoms with Crippen molar-refractivity contribution in [2.24, 2.45) is 11.8 Å². The zero-order valence-electron chi connectivity index (χ0n) is 10.5. The van der Waals surface area contributed by atoms with Crippen LogP contribution in [0, 0.1) is 24.2 Å². The van der Waals surface area contributed by atoms with Gasteiger partial charge >= 0.3 is 0 Å². The Hall–Kier alpha value is -0.560. The molecule has 0 aliphatic carbocycles. The van der Waals surface area contributed by atoms with E-state index in [9.17, 15) is 5.11 Å². The lowest BCUT2D eigenvalue weighted by Crippen LogP contribution is -2.30. The number of hydrogen-bond donors (Lipinski definition) is 1. The van der Waals surface area contributed by atoms with E-state index in [4.69, 9.17) is 15.9 Å². The second-order valence-corrected chi connectivity index (χ2v) is 4.55. The molecule has 16 heavy (non-hydrogen) atoms. The van der Waals surface area contributed by atoms with Crippen molar-refractivity contribution in [2.75, 3.05) is 7.11 Å². The Labute approximate surface area is 98.1 Å². The third-order valence-electron chi connectivity index (χ3n) is 3.48. The van der Waals surface area contributed by atoms with Gasteiger partial charge in [-0.1, -0.05) is 13.8 Å². The van der Waals surface area contributed by atoms with E-state index in [1.54, 1.807) is 7.11 Å². The van der Waals surface area contributed by atoms with Gasteiger partial charge in [0.2, 0.25) is 0 Å². The minimum Gasteiger partial charge on any atom is -0.389 e. The molecule has 0 saturated carbocycles. The lowest BCUT2D eigenvalue weighted by Gasteiger charge is -2.20. The van der Waals surface area contributed by atoms with Gasteiger partial charge in [-0.3, -0.25) is 0 Å². The summed E-state index contributed by atoms with van der Waals surface area (Å²) in [6.07, 6.45) is 5.81. The van der Waals surface area contributed by atoms with Crippen molar-refractivity contribution in [3.05, 3.63) is 0 Å². The van der Waals surface area contributed by atoms with Gasteiger partial charge in [-0.15, -0.1) is 12.3 Å². The molecular formula is C13H22O3. The fourth-order valence-electron chi connectivity index (χ4n) is 2.18. The first-order valence-electron chi connectivity index (χ1n) is 5.89. The molecule has 0 radical (unpaired) electrons. The Morgan fingerprint density at radius 3 is 2.50 bits per heavy atom. The Kier molecular flexibility index (Phi) is 4.79. The van der Waals surface area contributed by atoms with Crippen LogP contribution in [0.3, 0.4) is 0 Å². The van der Waals surface area contributed by atoms with Gasteiger partial charge in [0.15, 0.2) is 0 Å². The molecule has 0 spiro atoms. The molecule has 1 fully saturated rings. The van der Waals surface area contributed by atoms with Gasteiger partial charge in [0, 0.05) is 18.9 Å². The molecule has 1 saturated heterocycles. The van der Waals surface area contributed by atoms with Crippen molar-refractivity contribution in [3.8, 4) is 12.3 Å². The summed E-state index contributed by atoms with van der Waals surface area (Å²) in [5.41, 5.74) is 0. The van der Waals surface area contributed by atoms with Gasteiger partial charge in [0.25, 0.3) is 0 Å². The fourth-order valence-corrected chi connectivity index (χ4v) is 2.18. The predicted octanol–water partition coefficient (Wildman–Crippen LogP) is 1.45. The number of aliphatic hydroxyl groups excluding tert-OH is 1. The SMILES string of the molecule is C#CC(C)C(O)C1OC1C(C)C(CC)OC. The molecule has 6 atom stereocenters. The monoisotopic (exact) mass is 226 g/mol. The molecule has 92 valence electrons. The van der Waals surface area contributed by atoms with Crippen molar-refractivity contribution in [2.45, 2.75) is 51.6 Å². The van der Waals surface area contributed by atoms with Gasteiger partial charge in [0.1, 0.15) is 6.10 Å². The molecule has 0 aromatic heterocycles. The summed E-state index contributed by atoms with van der Waals surface area (Å²) in [6, 6.07) is 0. The molecule has 1 N–H and O–H groups in total. The number of methoxy groups -OCH3 is 1. The molecule has 0 aromatic rings. The van der Waals surface area contributed by atoms with Gasteiger partial charge in [0.05, 0.1) is 18.3 Å². The first kappa shape index (κ1) is 13.5. The highest BCUT2D eigenvalue weighted by atomic mass is 16.6. The standard InChI is InChI=1S/C13H22O3/c1-6-8(3)11(14)13-12(16-13)9(4)10(7-2)15-5/h1,8-14H,7H2,2-5H3. The summed E-state index contributed by atoms with van der Waals surface area (Å²) in [4.78, 5) is 0. The van der Waals surface area contributed by atoms with E-state index in [0.29, 0.717) is 5.92 Å². The Balaban J connectivity index is 2.47. The van der Waals surface area contributed by atoms with Gasteiger partial charge in [-0.25, -0.2) is 0 Å². The summed E-state index contributed by atoms with van der Waals surface area (Å²) in [7, 11) is 1.71. The average molecular weight is 226 g/mol. The number of hydrogen-bond acceptors (Lipinski definition) is 3. The topological polar surface area (TPSA) is 42.0 Å². The number of epoxide rings is 1. The zero-order chi connectivity index (χ0) is 12.3.